The van der Waals surface area contributed by atoms with Gasteiger partial charge >= 0.3 is 7.12 Å². The summed E-state index contributed by atoms with van der Waals surface area (Å²) < 4.78 is 23.0. The van der Waals surface area contributed by atoms with Gasteiger partial charge in [0.05, 0.1) is 11.2 Å². The van der Waals surface area contributed by atoms with Crippen LogP contribution in [-0.4, -0.2) is 31.5 Å². The van der Waals surface area contributed by atoms with E-state index < -0.39 is 0 Å². The van der Waals surface area contributed by atoms with E-state index in [2.05, 4.69) is 0 Å². The average Bonchev–Trinajstić information content (AvgIpc) is 2.64. The predicted molar refractivity (Wildman–Crippen MR) is 82.5 cm³/mol. The standard InChI is InChI=1S/C16H21BO4/c1-15(2)16(3,4)21-17(20-15)8-7-12-5-6-13-14(11-12)19-10-9-18-13/h5-8,11H,9-10H2,1-4H3/b8-7+. The smallest absolute Gasteiger partial charge is 0.486 e. The van der Waals surface area contributed by atoms with Crippen molar-refractivity contribution in [3.05, 3.63) is 29.7 Å². The minimum absolute atomic E-state index is 0.311. The number of benzene rings is 1. The van der Waals surface area contributed by atoms with Crippen LogP contribution >= 0.6 is 0 Å². The van der Waals surface area contributed by atoms with E-state index in [-0.39, 0.29) is 18.3 Å². The first-order valence-corrected chi connectivity index (χ1v) is 7.31. The minimum atomic E-state index is -0.330. The van der Waals surface area contributed by atoms with Crippen LogP contribution in [0.3, 0.4) is 0 Å². The molecule has 2 aliphatic rings. The molecular weight excluding hydrogens is 267 g/mol. The summed E-state index contributed by atoms with van der Waals surface area (Å²) in [5.41, 5.74) is 0.415. The summed E-state index contributed by atoms with van der Waals surface area (Å²) in [6.07, 6.45) is 1.99. The molecule has 0 amide bonds. The summed E-state index contributed by atoms with van der Waals surface area (Å²) in [7, 11) is -0.330. The van der Waals surface area contributed by atoms with Gasteiger partial charge in [-0.2, -0.15) is 0 Å². The van der Waals surface area contributed by atoms with Gasteiger partial charge in [0.15, 0.2) is 11.5 Å². The number of hydrogen-bond acceptors (Lipinski definition) is 4. The molecule has 2 heterocycles. The normalized spacial score (nSPS) is 22.8. The van der Waals surface area contributed by atoms with Gasteiger partial charge in [0.25, 0.3) is 0 Å². The molecule has 2 aliphatic heterocycles. The van der Waals surface area contributed by atoms with Crippen molar-refractivity contribution in [1.29, 1.82) is 0 Å². The van der Waals surface area contributed by atoms with Crippen LogP contribution in [0.1, 0.15) is 33.3 Å². The van der Waals surface area contributed by atoms with E-state index in [1.165, 1.54) is 0 Å². The Kier molecular flexibility index (Phi) is 3.50. The summed E-state index contributed by atoms with van der Waals surface area (Å²) in [4.78, 5) is 0. The quantitative estimate of drug-likeness (QED) is 0.784. The number of hydrogen-bond donors (Lipinski definition) is 0. The first-order valence-electron chi connectivity index (χ1n) is 7.31. The molecule has 1 fully saturated rings. The maximum absolute atomic E-state index is 5.93. The first kappa shape index (κ1) is 14.5. The number of rotatable bonds is 2. The van der Waals surface area contributed by atoms with Crippen LogP contribution in [0.15, 0.2) is 24.2 Å². The van der Waals surface area contributed by atoms with Gasteiger partial charge in [-0.3, -0.25) is 0 Å². The van der Waals surface area contributed by atoms with Gasteiger partial charge in [0, 0.05) is 0 Å². The molecule has 3 rings (SSSR count). The van der Waals surface area contributed by atoms with E-state index >= 15 is 0 Å². The van der Waals surface area contributed by atoms with Crippen molar-refractivity contribution < 1.29 is 18.8 Å². The molecule has 5 heteroatoms. The van der Waals surface area contributed by atoms with Crippen LogP contribution < -0.4 is 9.47 Å². The van der Waals surface area contributed by atoms with E-state index in [1.807, 2.05) is 57.9 Å². The highest BCUT2D eigenvalue weighted by Crippen LogP contribution is 2.37. The maximum Gasteiger partial charge on any atom is 0.487 e. The Morgan fingerprint density at radius 3 is 2.24 bits per heavy atom. The lowest BCUT2D eigenvalue weighted by Crippen LogP contribution is -2.41. The van der Waals surface area contributed by atoms with Crippen molar-refractivity contribution >= 4 is 13.2 Å². The van der Waals surface area contributed by atoms with E-state index in [0.717, 1.165) is 17.1 Å². The Hall–Kier alpha value is -1.46. The molecule has 0 bridgehead atoms. The zero-order valence-electron chi connectivity index (χ0n) is 13.0. The van der Waals surface area contributed by atoms with Crippen LogP contribution in [0.4, 0.5) is 0 Å². The molecule has 0 radical (unpaired) electrons. The molecule has 1 aromatic carbocycles. The van der Waals surface area contributed by atoms with Gasteiger partial charge in [-0.25, -0.2) is 0 Å². The fourth-order valence-electron chi connectivity index (χ4n) is 2.32. The average molecular weight is 288 g/mol. The zero-order valence-corrected chi connectivity index (χ0v) is 13.0. The van der Waals surface area contributed by atoms with Crippen LogP contribution in [0.2, 0.25) is 0 Å². The Labute approximate surface area is 126 Å². The molecule has 1 saturated heterocycles. The molecule has 0 N–H and O–H groups in total. The topological polar surface area (TPSA) is 36.9 Å². The van der Waals surface area contributed by atoms with Gasteiger partial charge in [-0.15, -0.1) is 0 Å². The van der Waals surface area contributed by atoms with E-state index in [4.69, 9.17) is 18.8 Å². The van der Waals surface area contributed by atoms with E-state index in [9.17, 15) is 0 Å². The monoisotopic (exact) mass is 288 g/mol. The van der Waals surface area contributed by atoms with Gasteiger partial charge in [-0.05, 0) is 45.4 Å². The SMILES string of the molecule is CC1(C)OB(/C=C/c2ccc3c(c2)OCCO3)OC1(C)C. The van der Waals surface area contributed by atoms with Crippen molar-refractivity contribution in [2.75, 3.05) is 13.2 Å². The molecule has 0 aliphatic carbocycles. The Bertz CT molecular complexity index is 549. The van der Waals surface area contributed by atoms with Crippen molar-refractivity contribution in [3.63, 3.8) is 0 Å². The zero-order chi connectivity index (χ0) is 15.1. The number of ether oxygens (including phenoxy) is 2. The van der Waals surface area contributed by atoms with Crippen LogP contribution in [0.25, 0.3) is 6.08 Å². The van der Waals surface area contributed by atoms with Crippen molar-refractivity contribution in [2.24, 2.45) is 0 Å². The molecule has 0 spiro atoms. The third-order valence-corrected chi connectivity index (χ3v) is 4.28. The first-order chi connectivity index (χ1) is 9.87. The largest absolute Gasteiger partial charge is 0.487 e. The third-order valence-electron chi connectivity index (χ3n) is 4.28. The third kappa shape index (κ3) is 2.80. The van der Waals surface area contributed by atoms with Gasteiger partial charge in [0.2, 0.25) is 0 Å². The number of fused-ring (bicyclic) bond motifs is 1. The lowest BCUT2D eigenvalue weighted by Gasteiger charge is -2.32. The van der Waals surface area contributed by atoms with Crippen LogP contribution in [-0.2, 0) is 9.31 Å². The Morgan fingerprint density at radius 1 is 0.952 bits per heavy atom. The molecule has 1 aromatic rings. The van der Waals surface area contributed by atoms with E-state index in [1.54, 1.807) is 0 Å². The van der Waals surface area contributed by atoms with Crippen LogP contribution in [0, 0.1) is 0 Å². The second-order valence-electron chi connectivity index (χ2n) is 6.39. The fourth-order valence-corrected chi connectivity index (χ4v) is 2.32. The fraction of sp³-hybridized carbons (Fsp3) is 0.500. The van der Waals surface area contributed by atoms with Gasteiger partial charge in [-0.1, -0.05) is 18.1 Å². The second kappa shape index (κ2) is 5.07. The molecular formula is C16H21BO4. The van der Waals surface area contributed by atoms with Gasteiger partial charge < -0.3 is 18.8 Å². The highest BCUT2D eigenvalue weighted by atomic mass is 16.7. The second-order valence-corrected chi connectivity index (χ2v) is 6.39. The summed E-state index contributed by atoms with van der Waals surface area (Å²) in [5, 5.41) is 0. The van der Waals surface area contributed by atoms with Crippen LogP contribution in [0.5, 0.6) is 11.5 Å². The molecule has 0 unspecified atom stereocenters. The Morgan fingerprint density at radius 2 is 1.57 bits per heavy atom. The lowest BCUT2D eigenvalue weighted by atomic mass is 9.89. The molecule has 112 valence electrons. The predicted octanol–water partition coefficient (Wildman–Crippen LogP) is 3.10. The molecule has 0 aromatic heterocycles. The van der Waals surface area contributed by atoms with Crippen molar-refractivity contribution in [2.45, 2.75) is 38.9 Å². The molecule has 0 saturated carbocycles. The highest BCUT2D eigenvalue weighted by Gasteiger charge is 2.49. The summed E-state index contributed by atoms with van der Waals surface area (Å²) in [6, 6.07) is 5.89. The summed E-state index contributed by atoms with van der Waals surface area (Å²) >= 11 is 0. The summed E-state index contributed by atoms with van der Waals surface area (Å²) in [5.74, 6) is 3.52. The van der Waals surface area contributed by atoms with Gasteiger partial charge in [0.1, 0.15) is 13.2 Å². The molecule has 4 nitrogen and oxygen atoms in total. The lowest BCUT2D eigenvalue weighted by molar-refractivity contribution is 0.00578. The van der Waals surface area contributed by atoms with Crippen molar-refractivity contribution in [1.82, 2.24) is 0 Å². The highest BCUT2D eigenvalue weighted by molar-refractivity contribution is 6.52. The maximum atomic E-state index is 5.93. The minimum Gasteiger partial charge on any atom is -0.486 e. The van der Waals surface area contributed by atoms with E-state index in [0.29, 0.717) is 13.2 Å². The van der Waals surface area contributed by atoms with Crippen molar-refractivity contribution in [3.8, 4) is 11.5 Å². The molecule has 0 atom stereocenters. The summed E-state index contributed by atoms with van der Waals surface area (Å²) in [6.45, 7) is 9.39. The Balaban J connectivity index is 1.73. The molecule has 21 heavy (non-hydrogen) atoms.